The Labute approximate surface area is 205 Å². The molecule has 188 valence electrons. The number of alkyl halides is 6. The average Bonchev–Trinajstić information content (AvgIpc) is 3.51. The lowest BCUT2D eigenvalue weighted by Crippen LogP contribution is -2.13. The van der Waals surface area contributed by atoms with Crippen molar-refractivity contribution in [2.24, 2.45) is 0 Å². The van der Waals surface area contributed by atoms with Crippen LogP contribution < -0.4 is 0 Å². The fraction of sp³-hybridized carbons (Fsp3) is 0.125. The molecule has 2 aromatic heterocycles. The van der Waals surface area contributed by atoms with Gasteiger partial charge in [-0.1, -0.05) is 53.7 Å². The highest BCUT2D eigenvalue weighted by Crippen LogP contribution is 2.37. The fourth-order valence-corrected chi connectivity index (χ4v) is 3.82. The van der Waals surface area contributed by atoms with Crippen LogP contribution in [0.25, 0.3) is 28.5 Å². The van der Waals surface area contributed by atoms with Gasteiger partial charge in [-0.15, -0.1) is 10.2 Å². The molecule has 0 saturated carbocycles. The van der Waals surface area contributed by atoms with Crippen LogP contribution in [0.2, 0.25) is 0 Å². The van der Waals surface area contributed by atoms with Gasteiger partial charge in [-0.25, -0.2) is 4.68 Å². The zero-order valence-electron chi connectivity index (χ0n) is 18.6. The van der Waals surface area contributed by atoms with E-state index in [4.69, 9.17) is 0 Å². The van der Waals surface area contributed by atoms with Gasteiger partial charge in [-0.2, -0.15) is 31.0 Å². The summed E-state index contributed by atoms with van der Waals surface area (Å²) in [5, 5.41) is 20.0. The van der Waals surface area contributed by atoms with Crippen LogP contribution in [0.15, 0.2) is 78.9 Å². The van der Waals surface area contributed by atoms with Crippen molar-refractivity contribution in [3.8, 4) is 28.5 Å². The van der Waals surface area contributed by atoms with E-state index in [1.54, 1.807) is 54.6 Å². The number of halogens is 6. The van der Waals surface area contributed by atoms with Crippen LogP contribution in [0.1, 0.15) is 16.7 Å². The monoisotopic (exact) mass is 515 g/mol. The molecule has 5 aromatic rings. The van der Waals surface area contributed by atoms with E-state index in [1.807, 2.05) is 6.07 Å². The Morgan fingerprint density at radius 1 is 0.676 bits per heavy atom. The van der Waals surface area contributed by atoms with Gasteiger partial charge in [0.2, 0.25) is 5.82 Å². The maximum absolute atomic E-state index is 13.4. The normalized spacial score (nSPS) is 12.2. The summed E-state index contributed by atoms with van der Waals surface area (Å²) >= 11 is 0. The van der Waals surface area contributed by atoms with Crippen molar-refractivity contribution in [1.82, 2.24) is 35.2 Å². The standard InChI is InChI=1S/C24H15F6N7/c25-23(26,27)17-11-15(12-18(13-17)24(28,29)30)14-36-21(16-7-3-1-4-8-16)20(31-34-36)22-32-33-35-37(22)19-9-5-2-6-10-19/h1-13H,14H2. The molecule has 37 heavy (non-hydrogen) atoms. The van der Waals surface area contributed by atoms with Gasteiger partial charge in [0.1, 0.15) is 5.69 Å². The predicted octanol–water partition coefficient (Wildman–Crippen LogP) is 5.67. The van der Waals surface area contributed by atoms with Gasteiger partial charge in [0.05, 0.1) is 23.4 Å². The Morgan fingerprint density at radius 2 is 1.27 bits per heavy atom. The van der Waals surface area contributed by atoms with Crippen molar-refractivity contribution in [3.63, 3.8) is 0 Å². The van der Waals surface area contributed by atoms with Crippen molar-refractivity contribution >= 4 is 0 Å². The van der Waals surface area contributed by atoms with E-state index < -0.39 is 30.0 Å². The SMILES string of the molecule is FC(F)(F)c1cc(Cn2nnc(-c3nnnn3-c3ccccc3)c2-c2ccccc2)cc(C(F)(F)F)c1. The molecule has 2 heterocycles. The van der Waals surface area contributed by atoms with Crippen LogP contribution in [-0.4, -0.2) is 35.2 Å². The van der Waals surface area contributed by atoms with Gasteiger partial charge >= 0.3 is 12.4 Å². The first-order valence-electron chi connectivity index (χ1n) is 10.7. The highest BCUT2D eigenvalue weighted by Gasteiger charge is 2.37. The van der Waals surface area contributed by atoms with Crippen LogP contribution >= 0.6 is 0 Å². The molecule has 0 aliphatic carbocycles. The van der Waals surface area contributed by atoms with Gasteiger partial charge in [-0.05, 0) is 46.3 Å². The molecule has 0 N–H and O–H groups in total. The summed E-state index contributed by atoms with van der Waals surface area (Å²) in [5.74, 6) is 0.191. The van der Waals surface area contributed by atoms with Crippen molar-refractivity contribution in [3.05, 3.63) is 95.6 Å². The third-order valence-corrected chi connectivity index (χ3v) is 5.44. The van der Waals surface area contributed by atoms with Gasteiger partial charge in [0, 0.05) is 5.56 Å². The number of nitrogens with zero attached hydrogens (tertiary/aromatic N) is 7. The van der Waals surface area contributed by atoms with Gasteiger partial charge in [0.25, 0.3) is 0 Å². The van der Waals surface area contributed by atoms with E-state index in [9.17, 15) is 26.3 Å². The Morgan fingerprint density at radius 3 is 1.86 bits per heavy atom. The maximum Gasteiger partial charge on any atom is 0.416 e. The zero-order valence-corrected chi connectivity index (χ0v) is 18.6. The van der Waals surface area contributed by atoms with E-state index in [0.29, 0.717) is 29.1 Å². The minimum Gasteiger partial charge on any atom is -0.239 e. The number of tetrazole rings is 1. The van der Waals surface area contributed by atoms with Crippen molar-refractivity contribution in [2.75, 3.05) is 0 Å². The molecule has 7 nitrogen and oxygen atoms in total. The third-order valence-electron chi connectivity index (χ3n) is 5.44. The first-order valence-corrected chi connectivity index (χ1v) is 10.7. The van der Waals surface area contributed by atoms with Crippen molar-refractivity contribution in [2.45, 2.75) is 18.9 Å². The minimum atomic E-state index is -4.97. The molecule has 0 radical (unpaired) electrons. The number of hydrogen-bond donors (Lipinski definition) is 0. The molecule has 13 heteroatoms. The molecule has 5 rings (SSSR count). The van der Waals surface area contributed by atoms with E-state index in [-0.39, 0.29) is 23.1 Å². The average molecular weight is 515 g/mol. The lowest BCUT2D eigenvalue weighted by Gasteiger charge is -2.15. The summed E-state index contributed by atoms with van der Waals surface area (Å²) in [4.78, 5) is 0. The lowest BCUT2D eigenvalue weighted by atomic mass is 10.0. The third kappa shape index (κ3) is 4.92. The van der Waals surface area contributed by atoms with E-state index >= 15 is 0 Å². The summed E-state index contributed by atoms with van der Waals surface area (Å²) in [6, 6.07) is 18.9. The van der Waals surface area contributed by atoms with Crippen LogP contribution in [0.5, 0.6) is 0 Å². The summed E-state index contributed by atoms with van der Waals surface area (Å²) in [7, 11) is 0. The van der Waals surface area contributed by atoms with Crippen LogP contribution in [0.4, 0.5) is 26.3 Å². The van der Waals surface area contributed by atoms with Crippen LogP contribution in [0.3, 0.4) is 0 Å². The van der Waals surface area contributed by atoms with E-state index in [1.165, 1.54) is 9.36 Å². The highest BCUT2D eigenvalue weighted by atomic mass is 19.4. The molecule has 0 spiro atoms. The topological polar surface area (TPSA) is 74.3 Å². The quantitative estimate of drug-likeness (QED) is 0.282. The number of benzene rings is 3. The number of rotatable bonds is 5. The Bertz CT molecular complexity index is 1490. The molecule has 0 aliphatic heterocycles. The Hall–Kier alpha value is -4.55. The molecule has 3 aromatic carbocycles. The number of para-hydroxylation sites is 1. The molecular formula is C24H15F6N7. The van der Waals surface area contributed by atoms with E-state index in [0.717, 1.165) is 0 Å². The number of aromatic nitrogens is 7. The smallest absolute Gasteiger partial charge is 0.239 e. The van der Waals surface area contributed by atoms with Crippen LogP contribution in [0, 0.1) is 0 Å². The first kappa shape index (κ1) is 24.2. The fourth-order valence-electron chi connectivity index (χ4n) is 3.82. The Kier molecular flexibility index (Phi) is 5.97. The van der Waals surface area contributed by atoms with Crippen molar-refractivity contribution in [1.29, 1.82) is 0 Å². The highest BCUT2D eigenvalue weighted by molar-refractivity contribution is 5.75. The van der Waals surface area contributed by atoms with Crippen molar-refractivity contribution < 1.29 is 26.3 Å². The maximum atomic E-state index is 13.4. The predicted molar refractivity (Wildman–Crippen MR) is 119 cm³/mol. The number of hydrogen-bond acceptors (Lipinski definition) is 5. The van der Waals surface area contributed by atoms with Gasteiger partial charge in [-0.3, -0.25) is 0 Å². The molecular weight excluding hydrogens is 500 g/mol. The molecule has 0 atom stereocenters. The van der Waals surface area contributed by atoms with Gasteiger partial charge in [0.15, 0.2) is 5.69 Å². The second-order valence-corrected chi connectivity index (χ2v) is 7.97. The Balaban J connectivity index is 1.65. The summed E-state index contributed by atoms with van der Waals surface area (Å²) in [6.07, 6.45) is -9.94. The molecule has 0 amide bonds. The second-order valence-electron chi connectivity index (χ2n) is 7.97. The zero-order chi connectivity index (χ0) is 26.2. The molecule has 0 aliphatic rings. The van der Waals surface area contributed by atoms with Gasteiger partial charge < -0.3 is 0 Å². The minimum absolute atomic E-state index is 0.0857. The molecule has 0 unspecified atom stereocenters. The van der Waals surface area contributed by atoms with E-state index in [2.05, 4.69) is 25.8 Å². The summed E-state index contributed by atoms with van der Waals surface area (Å²) in [5.41, 5.74) is -1.38. The summed E-state index contributed by atoms with van der Waals surface area (Å²) in [6.45, 7) is -0.420. The first-order chi connectivity index (χ1) is 17.6. The molecule has 0 bridgehead atoms. The van der Waals surface area contributed by atoms with Crippen LogP contribution in [-0.2, 0) is 18.9 Å². The largest absolute Gasteiger partial charge is 0.416 e. The lowest BCUT2D eigenvalue weighted by molar-refractivity contribution is -0.143. The molecule has 0 fully saturated rings. The second kappa shape index (κ2) is 9.15. The summed E-state index contributed by atoms with van der Waals surface area (Å²) < 4.78 is 83.0. The molecule has 0 saturated heterocycles.